The molecule has 4 rings (SSSR count). The van der Waals surface area contributed by atoms with Gasteiger partial charge in [0.15, 0.2) is 6.29 Å². The molecule has 2 nitrogen and oxygen atoms in total. The molecule has 0 aliphatic carbocycles. The summed E-state index contributed by atoms with van der Waals surface area (Å²) in [6.45, 7) is 0. The Labute approximate surface area is 126 Å². The number of carbonyl (C=O) groups is 1. The fraction of sp³-hybridized carbons (Fsp3) is 0. The molecule has 3 heteroatoms. The van der Waals surface area contributed by atoms with Gasteiger partial charge in [-0.05, 0) is 23.8 Å². The lowest BCUT2D eigenvalue weighted by Gasteiger charge is -2.05. The second kappa shape index (κ2) is 4.81. The number of hydrogen-bond acceptors (Lipinski definition) is 1. The predicted octanol–water partition coefficient (Wildman–Crippen LogP) is 4.94. The number of rotatable bonds is 2. The molecule has 1 heterocycles. The fourth-order valence-corrected chi connectivity index (χ4v) is 2.90. The van der Waals surface area contributed by atoms with Gasteiger partial charge in [-0.3, -0.25) is 4.79 Å². The molecule has 0 saturated carbocycles. The van der Waals surface area contributed by atoms with Crippen LogP contribution in [-0.4, -0.2) is 11.3 Å². The van der Waals surface area contributed by atoms with Crippen LogP contribution in [0.4, 0.5) is 4.39 Å². The highest BCUT2D eigenvalue weighted by Crippen LogP contribution is 2.33. The minimum Gasteiger partial charge on any atom is -0.354 e. The Kier molecular flexibility index (Phi) is 2.79. The summed E-state index contributed by atoms with van der Waals surface area (Å²) in [6, 6.07) is 18.7. The van der Waals surface area contributed by atoms with E-state index in [4.69, 9.17) is 0 Å². The molecule has 0 unspecified atom stereocenters. The molecule has 0 bridgehead atoms. The maximum atomic E-state index is 13.9. The molecule has 0 fully saturated rings. The summed E-state index contributed by atoms with van der Waals surface area (Å²) in [6.07, 6.45) is 0.530. The zero-order valence-electron chi connectivity index (χ0n) is 11.6. The van der Waals surface area contributed by atoms with Crippen LogP contribution in [0.25, 0.3) is 32.9 Å². The van der Waals surface area contributed by atoms with Gasteiger partial charge in [0, 0.05) is 21.9 Å². The van der Waals surface area contributed by atoms with Crippen molar-refractivity contribution in [3.05, 3.63) is 72.0 Å². The van der Waals surface area contributed by atoms with E-state index in [9.17, 15) is 9.18 Å². The summed E-state index contributed by atoms with van der Waals surface area (Å²) >= 11 is 0. The predicted molar refractivity (Wildman–Crippen MR) is 86.6 cm³/mol. The van der Waals surface area contributed by atoms with Crippen LogP contribution in [0.1, 0.15) is 10.4 Å². The molecule has 1 aromatic heterocycles. The van der Waals surface area contributed by atoms with Crippen molar-refractivity contribution in [1.82, 2.24) is 4.98 Å². The monoisotopic (exact) mass is 289 g/mol. The molecule has 1 N–H and O–H groups in total. The SMILES string of the molecule is O=Cc1ccc(-c2cccc3c2[nH]c2ccccc23)cc1F. The zero-order chi connectivity index (χ0) is 15.1. The van der Waals surface area contributed by atoms with Crippen LogP contribution >= 0.6 is 0 Å². The number of benzene rings is 3. The van der Waals surface area contributed by atoms with Gasteiger partial charge < -0.3 is 4.98 Å². The topological polar surface area (TPSA) is 32.9 Å². The van der Waals surface area contributed by atoms with Gasteiger partial charge in [0.05, 0.1) is 11.1 Å². The highest BCUT2D eigenvalue weighted by atomic mass is 19.1. The summed E-state index contributed by atoms with van der Waals surface area (Å²) in [5, 5.41) is 2.25. The lowest BCUT2D eigenvalue weighted by Crippen LogP contribution is -1.89. The van der Waals surface area contributed by atoms with E-state index < -0.39 is 5.82 Å². The van der Waals surface area contributed by atoms with Gasteiger partial charge in [-0.25, -0.2) is 4.39 Å². The van der Waals surface area contributed by atoms with Crippen LogP contribution in [0.5, 0.6) is 0 Å². The number of para-hydroxylation sites is 2. The zero-order valence-corrected chi connectivity index (χ0v) is 11.6. The third-order valence-corrected chi connectivity index (χ3v) is 3.98. The average Bonchev–Trinajstić information content (AvgIpc) is 2.93. The number of hydrogen-bond donors (Lipinski definition) is 1. The molecule has 0 spiro atoms. The summed E-state index contributed by atoms with van der Waals surface area (Å²) in [5.41, 5.74) is 3.77. The molecule has 3 aromatic carbocycles. The Morgan fingerprint density at radius 3 is 2.55 bits per heavy atom. The smallest absolute Gasteiger partial charge is 0.152 e. The van der Waals surface area contributed by atoms with Crippen LogP contribution in [0, 0.1) is 5.82 Å². The van der Waals surface area contributed by atoms with Crippen LogP contribution < -0.4 is 0 Å². The number of halogens is 1. The normalized spacial score (nSPS) is 11.1. The van der Waals surface area contributed by atoms with Crippen molar-refractivity contribution in [1.29, 1.82) is 0 Å². The van der Waals surface area contributed by atoms with E-state index in [1.165, 1.54) is 12.1 Å². The quantitative estimate of drug-likeness (QED) is 0.521. The Morgan fingerprint density at radius 2 is 1.73 bits per heavy atom. The van der Waals surface area contributed by atoms with Crippen molar-refractivity contribution in [3.8, 4) is 11.1 Å². The molecule has 0 atom stereocenters. The molecular weight excluding hydrogens is 277 g/mol. The van der Waals surface area contributed by atoms with Gasteiger partial charge in [0.25, 0.3) is 0 Å². The van der Waals surface area contributed by atoms with E-state index in [1.54, 1.807) is 6.07 Å². The summed E-state index contributed by atoms with van der Waals surface area (Å²) in [4.78, 5) is 14.2. The van der Waals surface area contributed by atoms with Gasteiger partial charge in [-0.1, -0.05) is 42.5 Å². The first-order valence-corrected chi connectivity index (χ1v) is 7.02. The van der Waals surface area contributed by atoms with Crippen molar-refractivity contribution in [2.45, 2.75) is 0 Å². The van der Waals surface area contributed by atoms with E-state index in [-0.39, 0.29) is 5.56 Å². The molecule has 106 valence electrons. The summed E-state index contributed by atoms with van der Waals surface area (Å²) < 4.78 is 13.9. The Morgan fingerprint density at radius 1 is 0.909 bits per heavy atom. The number of carbonyl (C=O) groups excluding carboxylic acids is 1. The highest BCUT2D eigenvalue weighted by molar-refractivity contribution is 6.11. The molecule has 4 aromatic rings. The Hall–Kier alpha value is -2.94. The Bertz CT molecular complexity index is 1020. The van der Waals surface area contributed by atoms with Gasteiger partial charge in [-0.2, -0.15) is 0 Å². The van der Waals surface area contributed by atoms with E-state index >= 15 is 0 Å². The van der Waals surface area contributed by atoms with E-state index in [0.717, 1.165) is 32.9 Å². The first-order chi connectivity index (χ1) is 10.8. The third-order valence-electron chi connectivity index (χ3n) is 3.98. The van der Waals surface area contributed by atoms with Crippen molar-refractivity contribution in [2.24, 2.45) is 0 Å². The number of aromatic nitrogens is 1. The van der Waals surface area contributed by atoms with Gasteiger partial charge in [0.2, 0.25) is 0 Å². The van der Waals surface area contributed by atoms with Crippen LogP contribution in [0.15, 0.2) is 60.7 Å². The maximum absolute atomic E-state index is 13.9. The molecule has 22 heavy (non-hydrogen) atoms. The minimum atomic E-state index is -0.499. The largest absolute Gasteiger partial charge is 0.354 e. The number of fused-ring (bicyclic) bond motifs is 3. The molecule has 0 amide bonds. The first-order valence-electron chi connectivity index (χ1n) is 7.02. The third kappa shape index (κ3) is 1.83. The number of nitrogens with one attached hydrogen (secondary N) is 1. The minimum absolute atomic E-state index is 0.0765. The van der Waals surface area contributed by atoms with E-state index in [0.29, 0.717) is 6.29 Å². The molecule has 0 saturated heterocycles. The van der Waals surface area contributed by atoms with Crippen molar-refractivity contribution >= 4 is 28.1 Å². The lowest BCUT2D eigenvalue weighted by molar-refractivity contribution is 0.112. The highest BCUT2D eigenvalue weighted by Gasteiger charge is 2.10. The van der Waals surface area contributed by atoms with Gasteiger partial charge >= 0.3 is 0 Å². The lowest BCUT2D eigenvalue weighted by atomic mass is 10.0. The van der Waals surface area contributed by atoms with Crippen molar-refractivity contribution in [2.75, 3.05) is 0 Å². The van der Waals surface area contributed by atoms with Crippen LogP contribution in [-0.2, 0) is 0 Å². The van der Waals surface area contributed by atoms with Crippen molar-refractivity contribution < 1.29 is 9.18 Å². The molecule has 0 radical (unpaired) electrons. The summed E-state index contributed by atoms with van der Waals surface area (Å²) in [5.74, 6) is -0.499. The second-order valence-corrected chi connectivity index (χ2v) is 5.25. The van der Waals surface area contributed by atoms with E-state index in [1.807, 2.05) is 36.4 Å². The summed E-state index contributed by atoms with van der Waals surface area (Å²) in [7, 11) is 0. The molecular formula is C19H12FNO. The first kappa shape index (κ1) is 12.8. The fourth-order valence-electron chi connectivity index (χ4n) is 2.90. The number of H-pyrrole nitrogens is 1. The molecule has 0 aliphatic heterocycles. The van der Waals surface area contributed by atoms with Crippen LogP contribution in [0.2, 0.25) is 0 Å². The van der Waals surface area contributed by atoms with E-state index in [2.05, 4.69) is 11.1 Å². The number of aromatic amines is 1. The van der Waals surface area contributed by atoms with Crippen LogP contribution in [0.3, 0.4) is 0 Å². The Balaban J connectivity index is 2.02. The standard InChI is InChI=1S/C19H12FNO/c20-17-10-12(8-9-13(17)11-22)14-5-3-6-16-15-4-1-2-7-18(15)21-19(14)16/h1-11,21H. The maximum Gasteiger partial charge on any atom is 0.152 e. The second-order valence-electron chi connectivity index (χ2n) is 5.25. The van der Waals surface area contributed by atoms with Gasteiger partial charge in [-0.15, -0.1) is 0 Å². The number of aldehydes is 1. The van der Waals surface area contributed by atoms with Gasteiger partial charge in [0.1, 0.15) is 5.82 Å². The van der Waals surface area contributed by atoms with Crippen molar-refractivity contribution in [3.63, 3.8) is 0 Å². The molecule has 0 aliphatic rings. The average molecular weight is 289 g/mol.